The van der Waals surface area contributed by atoms with E-state index in [4.69, 9.17) is 4.74 Å². The summed E-state index contributed by atoms with van der Waals surface area (Å²) in [6, 6.07) is 0. The number of hydrogen-bond donors (Lipinski definition) is 1. The summed E-state index contributed by atoms with van der Waals surface area (Å²) in [5, 5.41) is 10.1. The van der Waals surface area contributed by atoms with Crippen molar-refractivity contribution in [1.29, 1.82) is 0 Å². The van der Waals surface area contributed by atoms with Crippen LogP contribution in [0.5, 0.6) is 0 Å². The second-order valence-corrected chi connectivity index (χ2v) is 9.43. The van der Waals surface area contributed by atoms with Gasteiger partial charge in [0.25, 0.3) is 0 Å². The Morgan fingerprint density at radius 1 is 0.833 bits per heavy atom. The number of rotatable bonds is 1. The molecule has 4 rings (SSSR count). The zero-order valence-corrected chi connectivity index (χ0v) is 16.7. The minimum absolute atomic E-state index is 0.0205. The summed E-state index contributed by atoms with van der Waals surface area (Å²) in [5.74, 6) is 3.50. The minimum atomic E-state index is -0.0205. The standard InChI is InChI=1S/C20H34O2.C2H6/c1-19-10-8-14(21)12-13(19)4-5-15-16-6-7-18(22-3)20(16,2)11-9-17(15)19;1-2/h13-18,21H,4-12H2,1-3H3;1-2H3. The summed E-state index contributed by atoms with van der Waals surface area (Å²) in [5.41, 5.74) is 0.946. The van der Waals surface area contributed by atoms with Crippen LogP contribution in [-0.4, -0.2) is 24.4 Å². The predicted molar refractivity (Wildman–Crippen MR) is 99.9 cm³/mol. The van der Waals surface area contributed by atoms with Gasteiger partial charge in [-0.15, -0.1) is 0 Å². The SMILES string of the molecule is CC.COC1CCC2C3CCC4CC(O)CCC4(C)C3CCC12C. The molecule has 8 unspecified atom stereocenters. The van der Waals surface area contributed by atoms with E-state index in [9.17, 15) is 5.11 Å². The average Bonchev–Trinajstić information content (AvgIpc) is 2.93. The molecule has 4 aliphatic carbocycles. The summed E-state index contributed by atoms with van der Waals surface area (Å²) in [4.78, 5) is 0. The summed E-state index contributed by atoms with van der Waals surface area (Å²) in [6.07, 6.45) is 12.1. The van der Waals surface area contributed by atoms with Gasteiger partial charge in [0.05, 0.1) is 12.2 Å². The maximum absolute atomic E-state index is 10.1. The van der Waals surface area contributed by atoms with Crippen molar-refractivity contribution in [2.24, 2.45) is 34.5 Å². The van der Waals surface area contributed by atoms with Crippen molar-refractivity contribution >= 4 is 0 Å². The molecular weight excluding hydrogens is 296 g/mol. The van der Waals surface area contributed by atoms with Crippen molar-refractivity contribution in [2.45, 2.75) is 97.7 Å². The molecule has 4 saturated carbocycles. The zero-order chi connectivity index (χ0) is 17.5. The number of hydrogen-bond acceptors (Lipinski definition) is 2. The Hall–Kier alpha value is -0.0800. The summed E-state index contributed by atoms with van der Waals surface area (Å²) in [7, 11) is 1.92. The number of methoxy groups -OCH3 is 1. The molecule has 0 spiro atoms. The lowest BCUT2D eigenvalue weighted by Gasteiger charge is -2.60. The van der Waals surface area contributed by atoms with Crippen LogP contribution in [-0.2, 0) is 4.74 Å². The van der Waals surface area contributed by atoms with E-state index >= 15 is 0 Å². The Morgan fingerprint density at radius 3 is 2.21 bits per heavy atom. The fraction of sp³-hybridized carbons (Fsp3) is 1.00. The molecule has 2 heteroatoms. The van der Waals surface area contributed by atoms with Crippen LogP contribution >= 0.6 is 0 Å². The van der Waals surface area contributed by atoms with E-state index < -0.39 is 0 Å². The highest BCUT2D eigenvalue weighted by atomic mass is 16.5. The van der Waals surface area contributed by atoms with E-state index in [1.165, 1.54) is 44.9 Å². The first-order valence-electron chi connectivity index (χ1n) is 10.7. The predicted octanol–water partition coefficient (Wildman–Crippen LogP) is 5.43. The molecule has 24 heavy (non-hydrogen) atoms. The largest absolute Gasteiger partial charge is 0.393 e. The van der Waals surface area contributed by atoms with Gasteiger partial charge in [0.15, 0.2) is 0 Å². The molecule has 0 saturated heterocycles. The van der Waals surface area contributed by atoms with E-state index in [1.807, 2.05) is 21.0 Å². The summed E-state index contributed by atoms with van der Waals surface area (Å²) >= 11 is 0. The maximum atomic E-state index is 10.1. The molecule has 0 amide bonds. The molecule has 0 bridgehead atoms. The molecule has 8 atom stereocenters. The van der Waals surface area contributed by atoms with Crippen molar-refractivity contribution in [2.75, 3.05) is 7.11 Å². The Labute approximate surface area is 149 Å². The lowest BCUT2D eigenvalue weighted by atomic mass is 9.45. The first-order valence-corrected chi connectivity index (χ1v) is 10.7. The van der Waals surface area contributed by atoms with Crippen LogP contribution in [0.1, 0.15) is 85.5 Å². The Balaban J connectivity index is 0.000000815. The molecule has 0 aromatic carbocycles. The van der Waals surface area contributed by atoms with Crippen LogP contribution < -0.4 is 0 Å². The quantitative estimate of drug-likeness (QED) is 0.691. The summed E-state index contributed by atoms with van der Waals surface area (Å²) in [6.45, 7) is 9.10. The first-order chi connectivity index (χ1) is 11.5. The highest BCUT2D eigenvalue weighted by Gasteiger charge is 2.60. The molecule has 0 aliphatic heterocycles. The van der Waals surface area contributed by atoms with Gasteiger partial charge in [-0.25, -0.2) is 0 Å². The van der Waals surface area contributed by atoms with E-state index in [-0.39, 0.29) is 6.10 Å². The van der Waals surface area contributed by atoms with Gasteiger partial charge in [-0.05, 0) is 92.3 Å². The minimum Gasteiger partial charge on any atom is -0.393 e. The third-order valence-corrected chi connectivity index (χ3v) is 8.84. The molecular formula is C22H40O2. The number of ether oxygens (including phenoxy) is 1. The van der Waals surface area contributed by atoms with E-state index in [0.717, 1.165) is 36.5 Å². The first kappa shape index (κ1) is 18.7. The van der Waals surface area contributed by atoms with E-state index in [1.54, 1.807) is 0 Å². The van der Waals surface area contributed by atoms with Crippen LogP contribution in [0.4, 0.5) is 0 Å². The fourth-order valence-corrected chi connectivity index (χ4v) is 7.57. The number of aliphatic hydroxyl groups is 1. The Kier molecular flexibility index (Phi) is 5.39. The van der Waals surface area contributed by atoms with Gasteiger partial charge in [-0.2, -0.15) is 0 Å². The van der Waals surface area contributed by atoms with Crippen LogP contribution in [0.2, 0.25) is 0 Å². The molecule has 4 aliphatic rings. The van der Waals surface area contributed by atoms with E-state index in [0.29, 0.717) is 16.9 Å². The van der Waals surface area contributed by atoms with Crippen LogP contribution in [0, 0.1) is 34.5 Å². The lowest BCUT2D eigenvalue weighted by Crippen LogP contribution is -2.54. The van der Waals surface area contributed by atoms with Gasteiger partial charge in [-0.1, -0.05) is 27.7 Å². The third kappa shape index (κ3) is 2.67. The number of fused-ring (bicyclic) bond motifs is 5. The van der Waals surface area contributed by atoms with Crippen LogP contribution in [0.15, 0.2) is 0 Å². The van der Waals surface area contributed by atoms with Gasteiger partial charge >= 0.3 is 0 Å². The number of aliphatic hydroxyl groups excluding tert-OH is 1. The van der Waals surface area contributed by atoms with Crippen molar-refractivity contribution in [3.63, 3.8) is 0 Å². The zero-order valence-electron chi connectivity index (χ0n) is 16.7. The van der Waals surface area contributed by atoms with Crippen molar-refractivity contribution < 1.29 is 9.84 Å². The molecule has 0 aromatic rings. The molecule has 0 radical (unpaired) electrons. The molecule has 2 nitrogen and oxygen atoms in total. The van der Waals surface area contributed by atoms with Gasteiger partial charge in [0.2, 0.25) is 0 Å². The Morgan fingerprint density at radius 2 is 1.50 bits per heavy atom. The molecule has 140 valence electrons. The van der Waals surface area contributed by atoms with Gasteiger partial charge in [0.1, 0.15) is 0 Å². The van der Waals surface area contributed by atoms with Gasteiger partial charge < -0.3 is 9.84 Å². The second kappa shape index (κ2) is 6.91. The van der Waals surface area contributed by atoms with Crippen molar-refractivity contribution in [1.82, 2.24) is 0 Å². The molecule has 0 heterocycles. The second-order valence-electron chi connectivity index (χ2n) is 9.43. The molecule has 0 aromatic heterocycles. The fourth-order valence-electron chi connectivity index (χ4n) is 7.57. The van der Waals surface area contributed by atoms with Crippen molar-refractivity contribution in [3.05, 3.63) is 0 Å². The highest BCUT2D eigenvalue weighted by molar-refractivity contribution is 5.09. The monoisotopic (exact) mass is 336 g/mol. The maximum Gasteiger partial charge on any atom is 0.0627 e. The van der Waals surface area contributed by atoms with Crippen molar-refractivity contribution in [3.8, 4) is 0 Å². The van der Waals surface area contributed by atoms with Crippen LogP contribution in [0.25, 0.3) is 0 Å². The third-order valence-electron chi connectivity index (χ3n) is 8.84. The smallest absolute Gasteiger partial charge is 0.0627 e. The lowest BCUT2D eigenvalue weighted by molar-refractivity contribution is -0.137. The normalized spacial score (nSPS) is 53.2. The van der Waals surface area contributed by atoms with E-state index in [2.05, 4.69) is 13.8 Å². The van der Waals surface area contributed by atoms with Gasteiger partial charge in [-0.3, -0.25) is 0 Å². The highest BCUT2D eigenvalue weighted by Crippen LogP contribution is 2.66. The molecule has 1 N–H and O–H groups in total. The average molecular weight is 337 g/mol. The Bertz CT molecular complexity index is 436. The topological polar surface area (TPSA) is 29.5 Å². The van der Waals surface area contributed by atoms with Gasteiger partial charge in [0, 0.05) is 7.11 Å². The molecule has 4 fully saturated rings. The summed E-state index contributed by atoms with van der Waals surface area (Å²) < 4.78 is 5.88. The van der Waals surface area contributed by atoms with Crippen LogP contribution in [0.3, 0.4) is 0 Å².